The van der Waals surface area contributed by atoms with Crippen molar-refractivity contribution in [2.45, 2.75) is 5.60 Å². The third kappa shape index (κ3) is 7.58. The molecule has 3 aromatic carbocycles. The minimum Gasteiger partial charge on any atom is -0.359 e. The predicted octanol–water partition coefficient (Wildman–Crippen LogP) is 5.59. The van der Waals surface area contributed by atoms with E-state index in [9.17, 15) is 18.9 Å². The molecule has 2 atom stereocenters. The summed E-state index contributed by atoms with van der Waals surface area (Å²) in [6, 6.07) is 26.9. The Kier molecular flexibility index (Phi) is 11.2. The standard InChI is InChI=1S/C31H26IN2O7P/c32-29(36)24-8-12-28(13-9-24)31(26-4-2-1-3-5-26,27-10-6-23(22-35)7-11-27)40-20-18-34(19-21-41-42(38)39)30(37)25-14-16-33-17-15-25/h1-17,22H,18-21H2/p+1. The summed E-state index contributed by atoms with van der Waals surface area (Å²) in [5.74, 6) is -0.316. The number of carbonyl (C=O) groups excluding carboxylic acids is 3. The molecular formula is C31H27IN2O7P+. The second-order valence-electron chi connectivity index (χ2n) is 9.09. The molecule has 0 fully saturated rings. The minimum absolute atomic E-state index is 0.0466. The van der Waals surface area contributed by atoms with Gasteiger partial charge in [0.2, 0.25) is 3.79 Å². The number of pyridine rings is 1. The average molecular weight is 697 g/mol. The summed E-state index contributed by atoms with van der Waals surface area (Å²) in [6.07, 6.45) is 3.79. The molecule has 9 nitrogen and oxygen atoms in total. The summed E-state index contributed by atoms with van der Waals surface area (Å²) in [5, 5.41) is 0. The molecule has 0 radical (unpaired) electrons. The number of aromatic nitrogens is 1. The van der Waals surface area contributed by atoms with Gasteiger partial charge in [0, 0.05) is 69.3 Å². The average Bonchev–Trinajstić information content (AvgIpc) is 3.03. The zero-order valence-electron chi connectivity index (χ0n) is 22.3. The van der Waals surface area contributed by atoms with Crippen molar-refractivity contribution in [3.8, 4) is 0 Å². The van der Waals surface area contributed by atoms with Gasteiger partial charge in [-0.05, 0) is 28.8 Å². The van der Waals surface area contributed by atoms with E-state index < -0.39 is 13.9 Å². The maximum atomic E-state index is 13.3. The molecule has 1 aromatic heterocycles. The van der Waals surface area contributed by atoms with Crippen LogP contribution in [0.15, 0.2) is 103 Å². The summed E-state index contributed by atoms with van der Waals surface area (Å²) in [5.41, 5.74) is 2.53. The fourth-order valence-electron chi connectivity index (χ4n) is 4.59. The van der Waals surface area contributed by atoms with Crippen LogP contribution in [0, 0.1) is 0 Å². The normalized spacial score (nSPS) is 12.7. The van der Waals surface area contributed by atoms with Gasteiger partial charge < -0.3 is 9.64 Å². The van der Waals surface area contributed by atoms with Crippen molar-refractivity contribution in [2.24, 2.45) is 0 Å². The van der Waals surface area contributed by atoms with Crippen molar-refractivity contribution in [3.63, 3.8) is 0 Å². The maximum absolute atomic E-state index is 13.3. The van der Waals surface area contributed by atoms with Crippen molar-refractivity contribution >= 4 is 46.8 Å². The van der Waals surface area contributed by atoms with E-state index in [4.69, 9.17) is 14.2 Å². The smallest absolute Gasteiger partial charge is 0.359 e. The second-order valence-corrected chi connectivity index (χ2v) is 10.8. The van der Waals surface area contributed by atoms with Gasteiger partial charge in [0.1, 0.15) is 18.5 Å². The lowest BCUT2D eigenvalue weighted by Crippen LogP contribution is -2.40. The van der Waals surface area contributed by atoms with Crippen molar-refractivity contribution in [2.75, 3.05) is 26.3 Å². The number of hydrogen-bond acceptors (Lipinski definition) is 7. The third-order valence-electron chi connectivity index (χ3n) is 6.61. The van der Waals surface area contributed by atoms with Gasteiger partial charge in [-0.3, -0.25) is 19.4 Å². The Morgan fingerprint density at radius 3 is 1.98 bits per heavy atom. The lowest BCUT2D eigenvalue weighted by atomic mass is 9.79. The minimum atomic E-state index is -2.82. The number of carbonyl (C=O) groups is 3. The molecule has 0 saturated carbocycles. The van der Waals surface area contributed by atoms with E-state index in [2.05, 4.69) is 4.98 Å². The lowest BCUT2D eigenvalue weighted by Gasteiger charge is -2.37. The van der Waals surface area contributed by atoms with Gasteiger partial charge in [-0.1, -0.05) is 78.9 Å². The first-order valence-electron chi connectivity index (χ1n) is 12.9. The Hall–Kier alpha value is -3.67. The number of aldehydes is 1. The Bertz CT molecular complexity index is 1520. The van der Waals surface area contributed by atoms with Crippen LogP contribution >= 0.6 is 30.8 Å². The molecular weight excluding hydrogens is 670 g/mol. The molecule has 42 heavy (non-hydrogen) atoms. The third-order valence-corrected chi connectivity index (χ3v) is 7.64. The molecule has 0 spiro atoms. The number of benzene rings is 3. The summed E-state index contributed by atoms with van der Waals surface area (Å²) in [4.78, 5) is 51.3. The first-order chi connectivity index (χ1) is 20.3. The molecule has 11 heteroatoms. The van der Waals surface area contributed by atoms with Crippen LogP contribution in [-0.4, -0.2) is 57.1 Å². The summed E-state index contributed by atoms with van der Waals surface area (Å²) < 4.78 is 22.6. The Labute approximate surface area is 257 Å². The van der Waals surface area contributed by atoms with Crippen molar-refractivity contribution in [1.29, 1.82) is 0 Å². The van der Waals surface area contributed by atoms with Crippen LogP contribution in [0.25, 0.3) is 0 Å². The van der Waals surface area contributed by atoms with Gasteiger partial charge >= 0.3 is 8.25 Å². The van der Waals surface area contributed by atoms with E-state index in [0.717, 1.165) is 23.0 Å². The van der Waals surface area contributed by atoms with Crippen LogP contribution in [0.4, 0.5) is 0 Å². The molecule has 1 N–H and O–H groups in total. The van der Waals surface area contributed by atoms with E-state index in [1.54, 1.807) is 59.0 Å². The first kappa shape index (κ1) is 31.3. The molecule has 214 valence electrons. The zero-order chi connectivity index (χ0) is 30.0. The molecule has 4 aromatic rings. The Morgan fingerprint density at radius 1 is 0.833 bits per heavy atom. The van der Waals surface area contributed by atoms with Gasteiger partial charge in [0.25, 0.3) is 5.91 Å². The van der Waals surface area contributed by atoms with E-state index in [1.807, 2.05) is 54.6 Å². The van der Waals surface area contributed by atoms with Crippen molar-refractivity contribution in [3.05, 3.63) is 137 Å². The molecule has 0 bridgehead atoms. The van der Waals surface area contributed by atoms with Crippen molar-refractivity contribution in [1.82, 2.24) is 9.88 Å². The van der Waals surface area contributed by atoms with Gasteiger partial charge in [0.05, 0.1) is 6.61 Å². The number of ether oxygens (including phenoxy) is 1. The molecule has 0 saturated heterocycles. The lowest BCUT2D eigenvalue weighted by molar-refractivity contribution is 0.000706. The quantitative estimate of drug-likeness (QED) is 0.0596. The highest BCUT2D eigenvalue weighted by molar-refractivity contribution is 14.1. The summed E-state index contributed by atoms with van der Waals surface area (Å²) in [7, 11) is -2.82. The van der Waals surface area contributed by atoms with Crippen LogP contribution in [0.3, 0.4) is 0 Å². The van der Waals surface area contributed by atoms with Gasteiger partial charge in [-0.25, -0.2) is 0 Å². The number of nitrogens with zero attached hydrogens (tertiary/aromatic N) is 2. The van der Waals surface area contributed by atoms with E-state index in [-0.39, 0.29) is 36.0 Å². The van der Waals surface area contributed by atoms with Crippen LogP contribution in [-0.2, 0) is 19.4 Å². The molecule has 2 unspecified atom stereocenters. The van der Waals surface area contributed by atoms with Gasteiger partial charge in [0.15, 0.2) is 0 Å². The highest BCUT2D eigenvalue weighted by Crippen LogP contribution is 2.41. The fourth-order valence-corrected chi connectivity index (χ4v) is 5.18. The largest absolute Gasteiger partial charge is 0.694 e. The van der Waals surface area contributed by atoms with E-state index >= 15 is 0 Å². The molecule has 0 aliphatic rings. The molecule has 1 heterocycles. The SMILES string of the molecule is O=Cc1ccc(C(OCCN(CCO[P+](=O)O)C(=O)c2ccncc2)(c2ccccc2)c2ccc(C(=O)I)cc2)cc1. The topological polar surface area (TPSA) is 123 Å². The Balaban J connectivity index is 1.74. The fraction of sp³-hybridized carbons (Fsp3) is 0.161. The molecule has 4 rings (SSSR count). The summed E-state index contributed by atoms with van der Waals surface area (Å²) >= 11 is 1.74. The highest BCUT2D eigenvalue weighted by Gasteiger charge is 2.38. The zero-order valence-corrected chi connectivity index (χ0v) is 25.4. The van der Waals surface area contributed by atoms with Crippen LogP contribution in [0.1, 0.15) is 47.8 Å². The summed E-state index contributed by atoms with van der Waals surface area (Å²) in [6.45, 7) is 0.0771. The van der Waals surface area contributed by atoms with E-state index in [1.165, 1.54) is 17.3 Å². The van der Waals surface area contributed by atoms with Gasteiger partial charge in [-0.15, -0.1) is 9.42 Å². The van der Waals surface area contributed by atoms with Crippen molar-refractivity contribution < 1.29 is 33.1 Å². The van der Waals surface area contributed by atoms with Gasteiger partial charge in [-0.2, -0.15) is 0 Å². The number of hydrogen-bond donors (Lipinski definition) is 1. The first-order valence-corrected chi connectivity index (χ1v) is 15.1. The van der Waals surface area contributed by atoms with Crippen LogP contribution < -0.4 is 0 Å². The highest BCUT2D eigenvalue weighted by atomic mass is 127. The molecule has 1 amide bonds. The van der Waals surface area contributed by atoms with Crippen LogP contribution in [0.2, 0.25) is 0 Å². The maximum Gasteiger partial charge on any atom is 0.694 e. The number of rotatable bonds is 14. The second kappa shape index (κ2) is 15.0. The van der Waals surface area contributed by atoms with Crippen LogP contribution in [0.5, 0.6) is 0 Å². The molecule has 0 aliphatic heterocycles. The number of halogens is 1. The number of amides is 1. The molecule has 0 aliphatic carbocycles. The van der Waals surface area contributed by atoms with E-state index in [0.29, 0.717) is 16.7 Å². The predicted molar refractivity (Wildman–Crippen MR) is 165 cm³/mol. The monoisotopic (exact) mass is 697 g/mol. The Morgan fingerprint density at radius 2 is 1.40 bits per heavy atom.